The quantitative estimate of drug-likeness (QED) is 0.653. The molecular formula is C19H23F3N4O3S. The molecule has 11 heteroatoms. The largest absolute Gasteiger partial charge is 0.463 e. The highest BCUT2D eigenvalue weighted by Gasteiger charge is 2.34. The topological polar surface area (TPSA) is 75.6 Å². The number of rotatable bonds is 7. The molecule has 2 aromatic heterocycles. The van der Waals surface area contributed by atoms with E-state index in [1.165, 1.54) is 23.2 Å². The standard InChI is InChI=1S/C19H23F3N4O3S/c1-3-13-10-14-16(23-18(24-17(14)30-13)29-9-4-12(2)27)26-7-5-25(6-8-26)15(28)11-19(20,21)22/h10H,3-9,11H2,1-2H3. The minimum Gasteiger partial charge on any atom is -0.463 e. The Kier molecular flexibility index (Phi) is 6.79. The van der Waals surface area contributed by atoms with Crippen LogP contribution in [0.1, 0.15) is 31.6 Å². The van der Waals surface area contributed by atoms with Gasteiger partial charge in [0.05, 0.1) is 12.0 Å². The molecule has 30 heavy (non-hydrogen) atoms. The number of ketones is 1. The Morgan fingerprint density at radius 1 is 1.20 bits per heavy atom. The Hall–Kier alpha value is -2.43. The first-order valence-corrected chi connectivity index (χ1v) is 10.5. The van der Waals surface area contributed by atoms with Gasteiger partial charge in [-0.05, 0) is 19.4 Å². The van der Waals surface area contributed by atoms with Crippen molar-refractivity contribution in [2.45, 2.75) is 39.3 Å². The van der Waals surface area contributed by atoms with Crippen molar-refractivity contribution in [3.63, 3.8) is 0 Å². The molecule has 0 aliphatic carbocycles. The fourth-order valence-corrected chi connectivity index (χ4v) is 4.11. The number of ether oxygens (including phenoxy) is 1. The summed E-state index contributed by atoms with van der Waals surface area (Å²) in [6.07, 6.45) is -4.86. The SMILES string of the molecule is CCc1cc2c(N3CCN(C(=O)CC(F)(F)F)CC3)nc(OCCC(C)=O)nc2s1. The van der Waals surface area contributed by atoms with E-state index < -0.39 is 18.5 Å². The minimum atomic E-state index is -4.51. The summed E-state index contributed by atoms with van der Waals surface area (Å²) in [6, 6.07) is 2.18. The van der Waals surface area contributed by atoms with Gasteiger partial charge in [0.1, 0.15) is 22.9 Å². The Morgan fingerprint density at radius 3 is 2.50 bits per heavy atom. The number of nitrogens with zero attached hydrogens (tertiary/aromatic N) is 4. The number of fused-ring (bicyclic) bond motifs is 1. The summed E-state index contributed by atoms with van der Waals surface area (Å²) >= 11 is 1.53. The van der Waals surface area contributed by atoms with Gasteiger partial charge in [0.2, 0.25) is 5.91 Å². The average Bonchev–Trinajstić information content (AvgIpc) is 3.09. The van der Waals surface area contributed by atoms with Crippen LogP contribution in [-0.2, 0) is 16.0 Å². The van der Waals surface area contributed by atoms with Crippen LogP contribution >= 0.6 is 11.3 Å². The zero-order chi connectivity index (χ0) is 21.9. The first-order chi connectivity index (χ1) is 14.2. The zero-order valence-corrected chi connectivity index (χ0v) is 17.6. The summed E-state index contributed by atoms with van der Waals surface area (Å²) in [5, 5.41) is 0.853. The van der Waals surface area contributed by atoms with E-state index >= 15 is 0 Å². The highest BCUT2D eigenvalue weighted by Crippen LogP contribution is 2.33. The van der Waals surface area contributed by atoms with Gasteiger partial charge in [-0.25, -0.2) is 0 Å². The number of anilines is 1. The molecular weight excluding hydrogens is 421 g/mol. The molecule has 1 aliphatic rings. The zero-order valence-electron chi connectivity index (χ0n) is 16.8. The van der Waals surface area contributed by atoms with Crippen LogP contribution in [-0.4, -0.2) is 65.5 Å². The Balaban J connectivity index is 1.78. The summed E-state index contributed by atoms with van der Waals surface area (Å²) < 4.78 is 43.1. The Morgan fingerprint density at radius 2 is 1.90 bits per heavy atom. The number of aromatic nitrogens is 2. The summed E-state index contributed by atoms with van der Waals surface area (Å²) in [6.45, 7) is 4.78. The molecule has 164 valence electrons. The predicted molar refractivity (Wildman–Crippen MR) is 107 cm³/mol. The summed E-state index contributed by atoms with van der Waals surface area (Å²) in [4.78, 5) is 37.0. The van der Waals surface area contributed by atoms with E-state index in [0.717, 1.165) is 21.5 Å². The van der Waals surface area contributed by atoms with Crippen LogP contribution in [0.25, 0.3) is 10.2 Å². The number of carbonyl (C=O) groups excluding carboxylic acids is 2. The van der Waals surface area contributed by atoms with Crippen LogP contribution in [0.15, 0.2) is 6.07 Å². The van der Waals surface area contributed by atoms with Gasteiger partial charge >= 0.3 is 12.2 Å². The van der Waals surface area contributed by atoms with E-state index in [0.29, 0.717) is 18.9 Å². The average molecular weight is 444 g/mol. The molecule has 3 heterocycles. The molecule has 1 saturated heterocycles. The number of thiophene rings is 1. The van der Waals surface area contributed by atoms with E-state index in [1.807, 2.05) is 17.9 Å². The van der Waals surface area contributed by atoms with E-state index in [2.05, 4.69) is 9.97 Å². The van der Waals surface area contributed by atoms with E-state index in [1.54, 1.807) is 0 Å². The van der Waals surface area contributed by atoms with Crippen LogP contribution in [0.4, 0.5) is 19.0 Å². The van der Waals surface area contributed by atoms with Crippen molar-refractivity contribution in [1.82, 2.24) is 14.9 Å². The molecule has 2 aromatic rings. The smallest absolute Gasteiger partial charge is 0.397 e. The molecule has 0 radical (unpaired) electrons. The van der Waals surface area contributed by atoms with Crippen molar-refractivity contribution >= 4 is 39.1 Å². The normalized spacial score (nSPS) is 15.0. The number of piperazine rings is 1. The molecule has 1 aliphatic heterocycles. The maximum absolute atomic E-state index is 12.5. The molecule has 0 aromatic carbocycles. The van der Waals surface area contributed by atoms with Gasteiger partial charge in [0.25, 0.3) is 0 Å². The van der Waals surface area contributed by atoms with Crippen LogP contribution in [0.3, 0.4) is 0 Å². The number of alkyl halides is 3. The summed E-state index contributed by atoms with van der Waals surface area (Å²) in [5.41, 5.74) is 0. The van der Waals surface area contributed by atoms with Gasteiger partial charge in [0.15, 0.2) is 0 Å². The number of carbonyl (C=O) groups is 2. The second-order valence-corrected chi connectivity index (χ2v) is 8.19. The highest BCUT2D eigenvalue weighted by atomic mass is 32.1. The van der Waals surface area contributed by atoms with Gasteiger partial charge in [-0.1, -0.05) is 6.92 Å². The second kappa shape index (κ2) is 9.15. The number of hydrogen-bond acceptors (Lipinski definition) is 7. The first-order valence-electron chi connectivity index (χ1n) is 9.68. The van der Waals surface area contributed by atoms with Crippen molar-refractivity contribution in [2.24, 2.45) is 0 Å². The number of Topliss-reactive ketones (excluding diaryl/α,β-unsaturated/α-hetero) is 1. The fourth-order valence-electron chi connectivity index (χ4n) is 3.15. The third-order valence-corrected chi connectivity index (χ3v) is 5.89. The molecule has 1 amide bonds. The fraction of sp³-hybridized carbons (Fsp3) is 0.579. The second-order valence-electron chi connectivity index (χ2n) is 7.08. The van der Waals surface area contributed by atoms with Crippen molar-refractivity contribution in [1.29, 1.82) is 0 Å². The number of amides is 1. The molecule has 0 saturated carbocycles. The lowest BCUT2D eigenvalue weighted by Gasteiger charge is -2.35. The lowest BCUT2D eigenvalue weighted by molar-refractivity contribution is -0.161. The van der Waals surface area contributed by atoms with Crippen LogP contribution < -0.4 is 9.64 Å². The van der Waals surface area contributed by atoms with Crippen LogP contribution in [0.5, 0.6) is 6.01 Å². The van der Waals surface area contributed by atoms with Crippen molar-refractivity contribution in [2.75, 3.05) is 37.7 Å². The van der Waals surface area contributed by atoms with Gasteiger partial charge in [-0.2, -0.15) is 23.1 Å². The molecule has 7 nitrogen and oxygen atoms in total. The van der Waals surface area contributed by atoms with Gasteiger partial charge in [0, 0.05) is 37.5 Å². The molecule has 0 unspecified atom stereocenters. The summed E-state index contributed by atoms with van der Waals surface area (Å²) in [7, 11) is 0. The molecule has 0 N–H and O–H groups in total. The van der Waals surface area contributed by atoms with E-state index in [9.17, 15) is 22.8 Å². The van der Waals surface area contributed by atoms with Gasteiger partial charge < -0.3 is 14.5 Å². The third-order valence-electron chi connectivity index (χ3n) is 4.72. The predicted octanol–water partition coefficient (Wildman–Crippen LogP) is 3.21. The number of halogens is 3. The number of hydrogen-bond donors (Lipinski definition) is 0. The van der Waals surface area contributed by atoms with Crippen molar-refractivity contribution < 1.29 is 27.5 Å². The molecule has 0 spiro atoms. The molecule has 0 bridgehead atoms. The van der Waals surface area contributed by atoms with Crippen LogP contribution in [0, 0.1) is 0 Å². The highest BCUT2D eigenvalue weighted by molar-refractivity contribution is 7.18. The molecule has 1 fully saturated rings. The lowest BCUT2D eigenvalue weighted by atomic mass is 10.2. The third kappa shape index (κ3) is 5.59. The first kappa shape index (κ1) is 22.3. The van der Waals surface area contributed by atoms with Crippen molar-refractivity contribution in [3.8, 4) is 6.01 Å². The maximum Gasteiger partial charge on any atom is 0.397 e. The Bertz CT molecular complexity index is 924. The van der Waals surface area contributed by atoms with Crippen LogP contribution in [0.2, 0.25) is 0 Å². The van der Waals surface area contributed by atoms with Gasteiger partial charge in [-0.3, -0.25) is 9.59 Å². The van der Waals surface area contributed by atoms with Crippen molar-refractivity contribution in [3.05, 3.63) is 10.9 Å². The number of aryl methyl sites for hydroxylation is 1. The summed E-state index contributed by atoms with van der Waals surface area (Å²) in [5.74, 6) is -0.274. The molecule has 0 atom stereocenters. The monoisotopic (exact) mass is 444 g/mol. The maximum atomic E-state index is 12.5. The minimum absolute atomic E-state index is 0.000315. The van der Waals surface area contributed by atoms with E-state index in [4.69, 9.17) is 4.74 Å². The molecule has 3 rings (SSSR count). The van der Waals surface area contributed by atoms with E-state index in [-0.39, 0.29) is 37.9 Å². The Labute approximate surface area is 175 Å². The lowest BCUT2D eigenvalue weighted by Crippen LogP contribution is -2.49. The van der Waals surface area contributed by atoms with Gasteiger partial charge in [-0.15, -0.1) is 11.3 Å².